The summed E-state index contributed by atoms with van der Waals surface area (Å²) in [5.41, 5.74) is 3.31. The van der Waals surface area contributed by atoms with E-state index in [0.717, 1.165) is 32.6 Å². The van der Waals surface area contributed by atoms with Crippen molar-refractivity contribution in [1.29, 1.82) is 0 Å². The van der Waals surface area contributed by atoms with Gasteiger partial charge in [-0.2, -0.15) is 9.82 Å². The summed E-state index contributed by atoms with van der Waals surface area (Å²) in [5.74, 6) is -2.41. The number of sulfonamides is 1. The number of aromatic nitrogens is 2. The first-order valence-electron chi connectivity index (χ1n) is 13.1. The minimum absolute atomic E-state index is 0.0963. The number of carboxylic acids is 1. The molecule has 4 aromatic rings. The van der Waals surface area contributed by atoms with Gasteiger partial charge in [0, 0.05) is 24.4 Å². The molecule has 212 valence electrons. The Morgan fingerprint density at radius 2 is 1.68 bits per heavy atom. The van der Waals surface area contributed by atoms with E-state index in [2.05, 4.69) is 15.1 Å². The fourth-order valence-electron chi connectivity index (χ4n) is 4.79. The molecule has 2 aromatic carbocycles. The summed E-state index contributed by atoms with van der Waals surface area (Å²) in [6, 6.07) is 19.4. The molecule has 0 fully saturated rings. The Morgan fingerprint density at radius 3 is 2.24 bits per heavy atom. The molecule has 1 aliphatic rings. The summed E-state index contributed by atoms with van der Waals surface area (Å²) in [6.45, 7) is 3.23. The van der Waals surface area contributed by atoms with Crippen LogP contribution in [0, 0.1) is 5.92 Å². The topological polar surface area (TPSA) is 130 Å². The van der Waals surface area contributed by atoms with E-state index in [1.54, 1.807) is 43.8 Å². The first-order chi connectivity index (χ1) is 19.5. The van der Waals surface area contributed by atoms with Crippen molar-refractivity contribution in [3.8, 4) is 11.3 Å². The molecule has 0 spiro atoms. The van der Waals surface area contributed by atoms with Crippen LogP contribution < -0.4 is 10.0 Å². The van der Waals surface area contributed by atoms with Gasteiger partial charge in [0.1, 0.15) is 16.6 Å². The zero-order chi connectivity index (χ0) is 29.4. The highest BCUT2D eigenvalue weighted by Crippen LogP contribution is 2.35. The van der Waals surface area contributed by atoms with Gasteiger partial charge in [0.25, 0.3) is 5.91 Å². The number of allylic oxidation sites excluding steroid dienone is 2. The van der Waals surface area contributed by atoms with Crippen LogP contribution >= 0.6 is 11.3 Å². The van der Waals surface area contributed by atoms with Crippen LogP contribution in [0.4, 0.5) is 0 Å². The average Bonchev–Trinajstić information content (AvgIpc) is 3.53. The maximum atomic E-state index is 13.9. The lowest BCUT2D eigenvalue weighted by atomic mass is 9.96. The lowest BCUT2D eigenvalue weighted by molar-refractivity contribution is -0.140. The zero-order valence-corrected chi connectivity index (χ0v) is 24.4. The third-order valence-corrected chi connectivity index (χ3v) is 10.2. The molecule has 0 radical (unpaired) electrons. The van der Waals surface area contributed by atoms with Gasteiger partial charge in [0.05, 0.1) is 4.88 Å². The van der Waals surface area contributed by atoms with Gasteiger partial charge < -0.3 is 10.4 Å². The van der Waals surface area contributed by atoms with Crippen molar-refractivity contribution < 1.29 is 23.1 Å². The molecule has 9 nitrogen and oxygen atoms in total. The second-order valence-electron chi connectivity index (χ2n) is 10.3. The number of carboxylic acid groups (broad SMARTS) is 1. The lowest BCUT2D eigenvalue weighted by Crippen LogP contribution is -2.60. The number of fused-ring (bicyclic) bond motifs is 1. The predicted molar refractivity (Wildman–Crippen MR) is 161 cm³/mol. The van der Waals surface area contributed by atoms with Crippen LogP contribution in [0.3, 0.4) is 0 Å². The molecule has 11 heteroatoms. The molecule has 0 saturated heterocycles. The van der Waals surface area contributed by atoms with Crippen molar-refractivity contribution in [3.63, 3.8) is 0 Å². The number of carbonyl (C=O) groups excluding carboxylic acids is 1. The van der Waals surface area contributed by atoms with Gasteiger partial charge in [-0.15, -0.1) is 11.3 Å². The smallest absolute Gasteiger partial charge is 0.321 e. The monoisotopic (exact) mass is 590 g/mol. The van der Waals surface area contributed by atoms with Crippen LogP contribution in [-0.4, -0.2) is 46.1 Å². The standard InChI is InChI=1S/C30H30N4O5S2/c1-19(2)25(29(36)37)33-41(38,39)30(16-14-21(15-17-30)20-10-6-4-7-11-20)31-27(35)24-18-23-26(22-12-8-5-9-13-22)32-34(3)28(23)40-24/h4-16,18-19,25,33H,17H2,1-3H3,(H,31,35)(H,36,37)/t25-,30?/m0/s1. The van der Waals surface area contributed by atoms with Crippen molar-refractivity contribution >= 4 is 49.0 Å². The molecule has 2 heterocycles. The molecule has 2 atom stereocenters. The summed E-state index contributed by atoms with van der Waals surface area (Å²) >= 11 is 1.21. The van der Waals surface area contributed by atoms with E-state index in [1.807, 2.05) is 60.7 Å². The van der Waals surface area contributed by atoms with Crippen molar-refractivity contribution in [2.45, 2.75) is 31.2 Å². The minimum atomic E-state index is -4.43. The predicted octanol–water partition coefficient (Wildman–Crippen LogP) is 4.80. The van der Waals surface area contributed by atoms with Gasteiger partial charge in [-0.05, 0) is 29.2 Å². The molecule has 3 N–H and O–H groups in total. The van der Waals surface area contributed by atoms with Gasteiger partial charge in [0.15, 0.2) is 4.87 Å². The van der Waals surface area contributed by atoms with Gasteiger partial charge >= 0.3 is 5.97 Å². The maximum absolute atomic E-state index is 13.9. The van der Waals surface area contributed by atoms with Crippen LogP contribution in [0.5, 0.6) is 0 Å². The number of nitrogens with zero attached hydrogens (tertiary/aromatic N) is 2. The van der Waals surface area contributed by atoms with Crippen molar-refractivity contribution in [2.24, 2.45) is 13.0 Å². The number of thiophene rings is 1. The number of hydrogen-bond acceptors (Lipinski definition) is 6. The first kappa shape index (κ1) is 28.5. The number of rotatable bonds is 9. The molecule has 0 bridgehead atoms. The molecule has 5 rings (SSSR count). The number of carbonyl (C=O) groups is 2. The largest absolute Gasteiger partial charge is 0.480 e. The highest BCUT2D eigenvalue weighted by atomic mass is 32.2. The summed E-state index contributed by atoms with van der Waals surface area (Å²) in [7, 11) is -2.63. The maximum Gasteiger partial charge on any atom is 0.321 e. The Bertz CT molecular complexity index is 1770. The van der Waals surface area contributed by atoms with Gasteiger partial charge in [-0.3, -0.25) is 14.3 Å². The number of benzene rings is 2. The number of nitrogens with one attached hydrogen (secondary N) is 2. The molecular weight excluding hydrogens is 560 g/mol. The van der Waals surface area contributed by atoms with Crippen LogP contribution in [0.1, 0.15) is 35.5 Å². The van der Waals surface area contributed by atoms with E-state index in [9.17, 15) is 23.1 Å². The Kier molecular flexibility index (Phi) is 7.69. The second kappa shape index (κ2) is 11.1. The SMILES string of the molecule is CC(C)[C@H](NS(=O)(=O)C1(NC(=O)c2cc3c(-c4ccccc4)nn(C)c3s2)C=CC(c2ccccc2)=CC1)C(=O)O. The van der Waals surface area contributed by atoms with Crippen LogP contribution in [0.15, 0.2) is 85.0 Å². The molecule has 41 heavy (non-hydrogen) atoms. The molecular formula is C30H30N4O5S2. The molecule has 1 unspecified atom stereocenters. The Labute approximate surface area is 242 Å². The van der Waals surface area contributed by atoms with E-state index >= 15 is 0 Å². The molecule has 0 saturated carbocycles. The Morgan fingerprint density at radius 1 is 1.05 bits per heavy atom. The number of aryl methyl sites for hydroxylation is 1. The first-order valence-corrected chi connectivity index (χ1v) is 15.4. The van der Waals surface area contributed by atoms with E-state index in [1.165, 1.54) is 17.4 Å². The minimum Gasteiger partial charge on any atom is -0.480 e. The van der Waals surface area contributed by atoms with Crippen LogP contribution in [0.2, 0.25) is 0 Å². The fourth-order valence-corrected chi connectivity index (χ4v) is 7.45. The summed E-state index contributed by atoms with van der Waals surface area (Å²) < 4.78 is 31.8. The lowest BCUT2D eigenvalue weighted by Gasteiger charge is -2.34. The van der Waals surface area contributed by atoms with Gasteiger partial charge in [0.2, 0.25) is 10.0 Å². The van der Waals surface area contributed by atoms with E-state index < -0.39 is 38.7 Å². The van der Waals surface area contributed by atoms with Gasteiger partial charge in [-0.25, -0.2) is 8.42 Å². The molecule has 1 aliphatic carbocycles. The van der Waals surface area contributed by atoms with E-state index in [-0.39, 0.29) is 6.42 Å². The highest BCUT2D eigenvalue weighted by molar-refractivity contribution is 7.91. The third-order valence-electron chi connectivity index (χ3n) is 7.07. The molecule has 2 aromatic heterocycles. The van der Waals surface area contributed by atoms with Gasteiger partial charge in [-0.1, -0.05) is 86.7 Å². The summed E-state index contributed by atoms with van der Waals surface area (Å²) in [4.78, 5) is 24.7. The number of amides is 1. The molecule has 1 amide bonds. The number of hydrogen-bond donors (Lipinski definition) is 3. The van der Waals surface area contributed by atoms with Crippen LogP contribution in [-0.2, 0) is 21.9 Å². The summed E-state index contributed by atoms with van der Waals surface area (Å²) in [5, 5.41) is 17.8. The zero-order valence-electron chi connectivity index (χ0n) is 22.7. The third kappa shape index (κ3) is 5.48. The summed E-state index contributed by atoms with van der Waals surface area (Å²) in [6.07, 6.45) is 4.72. The van der Waals surface area contributed by atoms with Crippen molar-refractivity contribution in [1.82, 2.24) is 19.8 Å². The second-order valence-corrected chi connectivity index (χ2v) is 13.3. The Balaban J connectivity index is 1.52. The van der Waals surface area contributed by atoms with E-state index in [0.29, 0.717) is 4.88 Å². The normalized spacial score (nSPS) is 17.9. The van der Waals surface area contributed by atoms with Crippen LogP contribution in [0.25, 0.3) is 27.0 Å². The molecule has 0 aliphatic heterocycles. The highest BCUT2D eigenvalue weighted by Gasteiger charge is 2.46. The van der Waals surface area contributed by atoms with Crippen molar-refractivity contribution in [2.75, 3.05) is 0 Å². The quantitative estimate of drug-likeness (QED) is 0.257. The van der Waals surface area contributed by atoms with E-state index in [4.69, 9.17) is 0 Å². The van der Waals surface area contributed by atoms with Crippen molar-refractivity contribution in [3.05, 3.63) is 95.4 Å². The Hall–Kier alpha value is -4.06. The average molecular weight is 591 g/mol. The number of aliphatic carboxylic acids is 1. The fraction of sp³-hybridized carbons (Fsp3) is 0.233.